The Hall–Kier alpha value is -5.50. The average Bonchev–Trinajstić information content (AvgIpc) is 4.19. The smallest absolute Gasteiger partial charge is 0.0462 e. The van der Waals surface area contributed by atoms with Gasteiger partial charge in [-0.15, -0.1) is 45.3 Å². The molecule has 0 saturated heterocycles. The Bertz CT molecular complexity index is 3000. The van der Waals surface area contributed by atoms with Crippen molar-refractivity contribution in [2.24, 2.45) is 0 Å². The van der Waals surface area contributed by atoms with E-state index in [1.807, 2.05) is 45.3 Å². The van der Waals surface area contributed by atoms with Gasteiger partial charge in [0.25, 0.3) is 0 Å². The van der Waals surface area contributed by atoms with Crippen molar-refractivity contribution in [3.63, 3.8) is 0 Å². The number of aryl methyl sites for hydroxylation is 1. The van der Waals surface area contributed by atoms with Crippen molar-refractivity contribution in [2.45, 2.75) is 91.4 Å². The number of unbranched alkanes of at least 4 members (excludes halogenated alkanes) is 3. The van der Waals surface area contributed by atoms with Gasteiger partial charge in [0.05, 0.1) is 0 Å². The Morgan fingerprint density at radius 1 is 0.343 bits per heavy atom. The first kappa shape index (κ1) is 46.6. The van der Waals surface area contributed by atoms with E-state index in [0.29, 0.717) is 0 Å². The molecule has 5 aromatic carbocycles. The van der Waals surface area contributed by atoms with Gasteiger partial charge in [0, 0.05) is 74.5 Å². The van der Waals surface area contributed by atoms with Gasteiger partial charge in [-0.25, -0.2) is 0 Å². The summed E-state index contributed by atoms with van der Waals surface area (Å²) in [7, 11) is 2.14. The summed E-state index contributed by atoms with van der Waals surface area (Å²) < 4.78 is 0. The van der Waals surface area contributed by atoms with E-state index in [1.165, 1.54) is 105 Å². The monoisotopic (exact) mass is 950 g/mol. The summed E-state index contributed by atoms with van der Waals surface area (Å²) in [6.07, 6.45) is 6.46. The lowest BCUT2D eigenvalue weighted by atomic mass is 9.87. The van der Waals surface area contributed by atoms with Crippen LogP contribution in [-0.2, 0) is 17.3 Å². The minimum atomic E-state index is 0.0769. The maximum Gasteiger partial charge on any atom is 0.0462 e. The summed E-state index contributed by atoms with van der Waals surface area (Å²) in [6, 6.07) is 63.5. The number of hydrogen-bond donors (Lipinski definition) is 0. The first-order valence-electron chi connectivity index (χ1n) is 23.8. The molecule has 0 radical (unpaired) electrons. The molecule has 0 aliphatic rings. The number of hydrogen-bond acceptors (Lipinski definition) is 6. The fraction of sp³-hybridized carbons (Fsp3) is 0.246. The topological polar surface area (TPSA) is 6.48 Å². The molecule has 9 rings (SSSR count). The zero-order valence-electron chi connectivity index (χ0n) is 40.2. The Labute approximate surface area is 415 Å². The minimum Gasteiger partial charge on any atom is -0.345 e. The predicted molar refractivity (Wildman–Crippen MR) is 300 cm³/mol. The first-order chi connectivity index (χ1) is 32.3. The highest BCUT2D eigenvalue weighted by molar-refractivity contribution is 7.29. The van der Waals surface area contributed by atoms with Crippen LogP contribution in [0.15, 0.2) is 170 Å². The van der Waals surface area contributed by atoms with E-state index in [4.69, 9.17) is 0 Å². The second-order valence-corrected chi connectivity index (χ2v) is 24.1. The van der Waals surface area contributed by atoms with Gasteiger partial charge in [0.1, 0.15) is 0 Å². The molecule has 0 atom stereocenters. The van der Waals surface area contributed by atoms with Crippen molar-refractivity contribution in [2.75, 3.05) is 16.8 Å². The first-order valence-corrected chi connectivity index (χ1v) is 27.0. The molecule has 0 bridgehead atoms. The van der Waals surface area contributed by atoms with E-state index in [2.05, 4.69) is 235 Å². The molecule has 340 valence electrons. The average molecular weight is 951 g/mol. The Morgan fingerprint density at radius 3 is 1.12 bits per heavy atom. The standard InChI is InChI=1S/C61H62N2S4/c1-9-10-11-12-13-52-34-35-54(64-52)55-38-39-58(66-55)59-41-40-57(67-59)56-37-36-53(65-56)44-18-28-50(29-19-44)63(51-32-22-46(23-33-51)61(5,6)7)49-26-16-43(17-27-49)42-14-24-47(25-15-42)62(8)48-30-20-45(21-31-48)60(2,3)4/h14-41H,9-13H2,1-8H3. The quantitative estimate of drug-likeness (QED) is 0.0945. The van der Waals surface area contributed by atoms with Gasteiger partial charge >= 0.3 is 0 Å². The zero-order valence-corrected chi connectivity index (χ0v) is 43.5. The summed E-state index contributed by atoms with van der Waals surface area (Å²) >= 11 is 7.66. The summed E-state index contributed by atoms with van der Waals surface area (Å²) in [5.74, 6) is 0. The molecular formula is C61H62N2S4. The molecule has 0 spiro atoms. The van der Waals surface area contributed by atoms with Crippen molar-refractivity contribution in [1.29, 1.82) is 0 Å². The highest BCUT2D eigenvalue weighted by atomic mass is 32.1. The van der Waals surface area contributed by atoms with E-state index >= 15 is 0 Å². The van der Waals surface area contributed by atoms with E-state index in [9.17, 15) is 0 Å². The molecule has 0 aliphatic carbocycles. The van der Waals surface area contributed by atoms with Crippen LogP contribution < -0.4 is 9.80 Å². The van der Waals surface area contributed by atoms with Crippen LogP contribution in [0.4, 0.5) is 28.4 Å². The molecule has 0 aliphatic heterocycles. The third-order valence-electron chi connectivity index (χ3n) is 12.7. The van der Waals surface area contributed by atoms with Gasteiger partial charge in [-0.2, -0.15) is 0 Å². The molecule has 9 aromatic rings. The van der Waals surface area contributed by atoms with Gasteiger partial charge in [-0.3, -0.25) is 0 Å². The van der Waals surface area contributed by atoms with Crippen molar-refractivity contribution >= 4 is 73.8 Å². The summed E-state index contributed by atoms with van der Waals surface area (Å²) in [4.78, 5) is 15.5. The van der Waals surface area contributed by atoms with Crippen LogP contribution in [0.1, 0.15) is 90.2 Å². The number of anilines is 5. The largest absolute Gasteiger partial charge is 0.345 e. The number of thiophene rings is 4. The molecule has 6 heteroatoms. The molecule has 2 nitrogen and oxygen atoms in total. The van der Waals surface area contributed by atoms with Crippen LogP contribution >= 0.6 is 45.3 Å². The Balaban J connectivity index is 0.911. The minimum absolute atomic E-state index is 0.0769. The van der Waals surface area contributed by atoms with Crippen molar-refractivity contribution in [3.05, 3.63) is 186 Å². The number of rotatable bonds is 15. The van der Waals surface area contributed by atoms with Crippen LogP contribution in [-0.4, -0.2) is 7.05 Å². The lowest BCUT2D eigenvalue weighted by Gasteiger charge is -2.27. The number of benzene rings is 5. The second-order valence-electron chi connectivity index (χ2n) is 19.7. The van der Waals surface area contributed by atoms with Crippen LogP contribution in [0.5, 0.6) is 0 Å². The highest BCUT2D eigenvalue weighted by Crippen LogP contribution is 2.45. The maximum atomic E-state index is 2.37. The summed E-state index contributed by atoms with van der Waals surface area (Å²) in [6.45, 7) is 15.9. The van der Waals surface area contributed by atoms with Gasteiger partial charge in [-0.05, 0) is 161 Å². The summed E-state index contributed by atoms with van der Waals surface area (Å²) in [5.41, 5.74) is 12.2. The fourth-order valence-electron chi connectivity index (χ4n) is 8.55. The van der Waals surface area contributed by atoms with Gasteiger partial charge in [0.2, 0.25) is 0 Å². The molecule has 0 unspecified atom stereocenters. The second kappa shape index (κ2) is 20.0. The van der Waals surface area contributed by atoms with E-state index in [0.717, 1.165) is 22.7 Å². The Kier molecular flexibility index (Phi) is 13.9. The third-order valence-corrected chi connectivity index (χ3v) is 17.8. The third kappa shape index (κ3) is 10.8. The van der Waals surface area contributed by atoms with E-state index in [-0.39, 0.29) is 10.8 Å². The molecule has 0 saturated carbocycles. The van der Waals surface area contributed by atoms with Crippen molar-refractivity contribution in [1.82, 2.24) is 0 Å². The SMILES string of the molecule is CCCCCCc1ccc(-c2ccc(-c3ccc(-c4ccc(-c5ccc(N(c6ccc(-c7ccc(N(C)c8ccc(C(C)(C)C)cc8)cc7)cc6)c6ccc(C(C)(C)C)cc6)cc5)s4)s3)s2)s1. The number of nitrogens with zero attached hydrogens (tertiary/aromatic N) is 2. The van der Waals surface area contributed by atoms with E-state index < -0.39 is 0 Å². The molecule has 0 fully saturated rings. The van der Waals surface area contributed by atoms with Crippen LogP contribution in [0, 0.1) is 0 Å². The zero-order chi connectivity index (χ0) is 46.7. The van der Waals surface area contributed by atoms with E-state index in [1.54, 1.807) is 0 Å². The van der Waals surface area contributed by atoms with Gasteiger partial charge in [0.15, 0.2) is 0 Å². The molecule has 0 N–H and O–H groups in total. The predicted octanol–water partition coefficient (Wildman–Crippen LogP) is 20.2. The molecular weight excluding hydrogens is 889 g/mol. The summed E-state index contributed by atoms with van der Waals surface area (Å²) in [5, 5.41) is 0. The maximum absolute atomic E-state index is 2.37. The van der Waals surface area contributed by atoms with Crippen LogP contribution in [0.25, 0.3) is 50.8 Å². The molecule has 4 aromatic heterocycles. The lowest BCUT2D eigenvalue weighted by molar-refractivity contribution is 0.590. The fourth-order valence-corrected chi connectivity index (χ4v) is 12.9. The van der Waals surface area contributed by atoms with Crippen molar-refractivity contribution < 1.29 is 0 Å². The van der Waals surface area contributed by atoms with Crippen LogP contribution in [0.3, 0.4) is 0 Å². The normalized spacial score (nSPS) is 11.9. The highest BCUT2D eigenvalue weighted by Gasteiger charge is 2.19. The molecule has 67 heavy (non-hydrogen) atoms. The van der Waals surface area contributed by atoms with Crippen molar-refractivity contribution in [3.8, 4) is 50.8 Å². The van der Waals surface area contributed by atoms with Crippen LogP contribution in [0.2, 0.25) is 0 Å². The molecule has 4 heterocycles. The van der Waals surface area contributed by atoms with Gasteiger partial charge < -0.3 is 9.80 Å². The Morgan fingerprint density at radius 2 is 0.687 bits per heavy atom. The lowest BCUT2D eigenvalue weighted by Crippen LogP contribution is -2.13. The van der Waals surface area contributed by atoms with Gasteiger partial charge in [-0.1, -0.05) is 128 Å². The molecule has 0 amide bonds.